The van der Waals surface area contributed by atoms with Gasteiger partial charge in [0.15, 0.2) is 6.61 Å². The molecule has 0 atom stereocenters. The van der Waals surface area contributed by atoms with E-state index in [0.29, 0.717) is 5.70 Å². The first-order valence-electron chi connectivity index (χ1n) is 4.14. The third-order valence-electron chi connectivity index (χ3n) is 1.58. The molecule has 1 rings (SSSR count). The number of hydroxylamine groups is 1. The Morgan fingerprint density at radius 2 is 2.07 bits per heavy atom. The lowest BCUT2D eigenvalue weighted by molar-refractivity contribution is -0.143. The summed E-state index contributed by atoms with van der Waals surface area (Å²) in [5.41, 5.74) is 3.81. The van der Waals surface area contributed by atoms with E-state index in [1.54, 1.807) is 0 Å². The number of hydrogen-bond donors (Lipinski definition) is 2. The van der Waals surface area contributed by atoms with E-state index in [-0.39, 0.29) is 0 Å². The van der Waals surface area contributed by atoms with Crippen molar-refractivity contribution in [1.29, 1.82) is 0 Å². The Balaban J connectivity index is 2.47. The van der Waals surface area contributed by atoms with Crippen LogP contribution in [0.4, 0.5) is 0 Å². The highest BCUT2D eigenvalue weighted by atomic mass is 79.9. The number of hydrogen-bond acceptors (Lipinski definition) is 3. The SMILES string of the molecule is C=C(NOCC(=O)O)c1ccc(Br)cc1. The van der Waals surface area contributed by atoms with E-state index >= 15 is 0 Å². The van der Waals surface area contributed by atoms with Crippen molar-refractivity contribution in [2.75, 3.05) is 6.61 Å². The molecule has 1 aromatic carbocycles. The van der Waals surface area contributed by atoms with Crippen LogP contribution in [0.2, 0.25) is 0 Å². The highest BCUT2D eigenvalue weighted by Crippen LogP contribution is 2.14. The van der Waals surface area contributed by atoms with Crippen molar-refractivity contribution < 1.29 is 14.7 Å². The number of carboxylic acids is 1. The number of carbonyl (C=O) groups is 1. The number of rotatable bonds is 5. The van der Waals surface area contributed by atoms with Gasteiger partial charge in [0.2, 0.25) is 0 Å². The number of benzene rings is 1. The minimum atomic E-state index is -1.04. The molecule has 0 saturated heterocycles. The molecule has 2 N–H and O–H groups in total. The molecule has 0 aliphatic rings. The Morgan fingerprint density at radius 3 is 2.60 bits per heavy atom. The molecule has 0 aromatic heterocycles. The average Bonchev–Trinajstić information content (AvgIpc) is 2.18. The third kappa shape index (κ3) is 4.14. The molecule has 0 radical (unpaired) electrons. The second-order valence-corrected chi connectivity index (χ2v) is 3.69. The lowest BCUT2D eigenvalue weighted by Crippen LogP contribution is -2.18. The second kappa shape index (κ2) is 5.53. The van der Waals surface area contributed by atoms with Gasteiger partial charge in [0.25, 0.3) is 0 Å². The van der Waals surface area contributed by atoms with Crippen LogP contribution in [0.5, 0.6) is 0 Å². The zero-order valence-electron chi connectivity index (χ0n) is 7.87. The lowest BCUT2D eigenvalue weighted by Gasteiger charge is -2.08. The van der Waals surface area contributed by atoms with Crippen LogP contribution in [0.15, 0.2) is 35.3 Å². The Morgan fingerprint density at radius 1 is 1.47 bits per heavy atom. The molecule has 0 bridgehead atoms. The molecule has 0 aliphatic heterocycles. The van der Waals surface area contributed by atoms with Crippen LogP contribution in [-0.2, 0) is 9.63 Å². The topological polar surface area (TPSA) is 58.6 Å². The van der Waals surface area contributed by atoms with Gasteiger partial charge in [0.1, 0.15) is 0 Å². The van der Waals surface area contributed by atoms with E-state index in [0.717, 1.165) is 10.0 Å². The molecule has 4 nitrogen and oxygen atoms in total. The minimum Gasteiger partial charge on any atom is -0.479 e. The van der Waals surface area contributed by atoms with Crippen molar-refractivity contribution in [3.8, 4) is 0 Å². The van der Waals surface area contributed by atoms with Gasteiger partial charge in [0, 0.05) is 4.47 Å². The van der Waals surface area contributed by atoms with Crippen LogP contribution in [0.1, 0.15) is 5.56 Å². The van der Waals surface area contributed by atoms with Crippen LogP contribution < -0.4 is 5.48 Å². The van der Waals surface area contributed by atoms with E-state index in [1.165, 1.54) is 0 Å². The zero-order chi connectivity index (χ0) is 11.3. The predicted octanol–water partition coefficient (Wildman–Crippen LogP) is 2.03. The summed E-state index contributed by atoms with van der Waals surface area (Å²) in [4.78, 5) is 14.8. The van der Waals surface area contributed by atoms with Crippen molar-refractivity contribution in [3.63, 3.8) is 0 Å². The van der Waals surface area contributed by atoms with Crippen LogP contribution in [0.3, 0.4) is 0 Å². The Hall–Kier alpha value is -1.33. The van der Waals surface area contributed by atoms with Gasteiger partial charge in [-0.2, -0.15) is 0 Å². The molecule has 0 unspecified atom stereocenters. The molecule has 0 aliphatic carbocycles. The maximum Gasteiger partial charge on any atom is 0.332 e. The molecule has 0 saturated carbocycles. The highest BCUT2D eigenvalue weighted by Gasteiger charge is 2.00. The number of halogens is 1. The predicted molar refractivity (Wildman–Crippen MR) is 59.9 cm³/mol. The van der Waals surface area contributed by atoms with Gasteiger partial charge in [0.05, 0.1) is 5.70 Å². The summed E-state index contributed by atoms with van der Waals surface area (Å²) >= 11 is 3.31. The summed E-state index contributed by atoms with van der Waals surface area (Å²) in [6.45, 7) is 3.30. The first-order chi connectivity index (χ1) is 7.09. The van der Waals surface area contributed by atoms with E-state index < -0.39 is 12.6 Å². The molecule has 0 spiro atoms. The maximum absolute atomic E-state index is 10.2. The van der Waals surface area contributed by atoms with Gasteiger partial charge in [-0.1, -0.05) is 34.6 Å². The number of carboxylic acid groups (broad SMARTS) is 1. The van der Waals surface area contributed by atoms with Gasteiger partial charge in [-0.3, -0.25) is 10.3 Å². The van der Waals surface area contributed by atoms with Crippen molar-refractivity contribution in [2.24, 2.45) is 0 Å². The van der Waals surface area contributed by atoms with Crippen LogP contribution in [0.25, 0.3) is 5.70 Å². The fourth-order valence-corrected chi connectivity index (χ4v) is 1.16. The maximum atomic E-state index is 10.2. The van der Waals surface area contributed by atoms with Gasteiger partial charge < -0.3 is 5.11 Å². The standard InChI is InChI=1S/C10H10BrNO3/c1-7(12-15-6-10(13)14)8-2-4-9(11)5-3-8/h2-5,12H,1,6H2,(H,13,14). The summed E-state index contributed by atoms with van der Waals surface area (Å²) in [5.74, 6) is -1.04. The normalized spacial score (nSPS) is 9.67. The smallest absolute Gasteiger partial charge is 0.332 e. The number of aliphatic carboxylic acids is 1. The molecule has 1 aromatic rings. The summed E-state index contributed by atoms with van der Waals surface area (Å²) in [5, 5.41) is 8.33. The third-order valence-corrected chi connectivity index (χ3v) is 2.11. The summed E-state index contributed by atoms with van der Waals surface area (Å²) in [7, 11) is 0. The molecule has 0 heterocycles. The Labute approximate surface area is 95.6 Å². The Bertz CT molecular complexity index is 361. The second-order valence-electron chi connectivity index (χ2n) is 2.77. The van der Waals surface area contributed by atoms with Gasteiger partial charge in [-0.05, 0) is 17.7 Å². The van der Waals surface area contributed by atoms with Crippen LogP contribution >= 0.6 is 15.9 Å². The first kappa shape index (κ1) is 11.7. The summed E-state index contributed by atoms with van der Waals surface area (Å²) < 4.78 is 0.963. The van der Waals surface area contributed by atoms with Crippen LogP contribution in [-0.4, -0.2) is 17.7 Å². The monoisotopic (exact) mass is 271 g/mol. The number of nitrogens with one attached hydrogen (secondary N) is 1. The van der Waals surface area contributed by atoms with Crippen molar-refractivity contribution >= 4 is 27.6 Å². The van der Waals surface area contributed by atoms with E-state index in [1.807, 2.05) is 24.3 Å². The largest absolute Gasteiger partial charge is 0.479 e. The summed E-state index contributed by atoms with van der Waals surface area (Å²) in [6, 6.07) is 7.39. The zero-order valence-corrected chi connectivity index (χ0v) is 9.45. The van der Waals surface area contributed by atoms with Crippen molar-refractivity contribution in [2.45, 2.75) is 0 Å². The molecule has 5 heteroatoms. The molecular formula is C10H10BrNO3. The van der Waals surface area contributed by atoms with E-state index in [4.69, 9.17) is 5.11 Å². The van der Waals surface area contributed by atoms with Gasteiger partial charge in [-0.15, -0.1) is 0 Å². The van der Waals surface area contributed by atoms with E-state index in [9.17, 15) is 4.79 Å². The molecule has 80 valence electrons. The van der Waals surface area contributed by atoms with Gasteiger partial charge >= 0.3 is 5.97 Å². The van der Waals surface area contributed by atoms with Gasteiger partial charge in [-0.25, -0.2) is 4.79 Å². The molecule has 0 amide bonds. The van der Waals surface area contributed by atoms with E-state index in [2.05, 4.69) is 32.8 Å². The molecular weight excluding hydrogens is 262 g/mol. The average molecular weight is 272 g/mol. The quantitative estimate of drug-likeness (QED) is 0.805. The molecule has 0 fully saturated rings. The first-order valence-corrected chi connectivity index (χ1v) is 4.93. The molecule has 15 heavy (non-hydrogen) atoms. The summed E-state index contributed by atoms with van der Waals surface area (Å²) in [6.07, 6.45) is 0. The minimum absolute atomic E-state index is 0.407. The fraction of sp³-hybridized carbons (Fsp3) is 0.100. The highest BCUT2D eigenvalue weighted by molar-refractivity contribution is 9.10. The Kier molecular flexibility index (Phi) is 4.33. The van der Waals surface area contributed by atoms with Crippen molar-refractivity contribution in [1.82, 2.24) is 5.48 Å². The lowest BCUT2D eigenvalue weighted by atomic mass is 10.2. The van der Waals surface area contributed by atoms with Crippen molar-refractivity contribution in [3.05, 3.63) is 40.9 Å². The van der Waals surface area contributed by atoms with Crippen LogP contribution in [0, 0.1) is 0 Å². The fourth-order valence-electron chi connectivity index (χ4n) is 0.895.